The molecule has 0 aliphatic rings. The first-order valence-corrected chi connectivity index (χ1v) is 2.36. The van der Waals surface area contributed by atoms with Crippen LogP contribution >= 0.6 is 0 Å². The highest BCUT2D eigenvalue weighted by molar-refractivity contribution is 4.33. The zero-order valence-corrected chi connectivity index (χ0v) is 4.81. The molecule has 6 heteroatoms. The van der Waals surface area contributed by atoms with Gasteiger partial charge >= 0.3 is 6.17 Å². The molecule has 0 rings (SSSR count). The van der Waals surface area contributed by atoms with Crippen molar-refractivity contribution in [3.05, 3.63) is 20.2 Å². The van der Waals surface area contributed by atoms with E-state index in [2.05, 4.69) is 0 Å². The molecule has 0 saturated carbocycles. The molecule has 0 saturated heterocycles. The second-order valence-electron chi connectivity index (χ2n) is 1.46. The molecular weight excluding hydrogens is 128 g/mol. The fourth-order valence-electron chi connectivity index (χ4n) is 0.375. The second kappa shape index (κ2) is 2.95. The zero-order chi connectivity index (χ0) is 7.44. The molecule has 0 aromatic rings. The van der Waals surface area contributed by atoms with Crippen molar-refractivity contribution in [1.29, 1.82) is 0 Å². The van der Waals surface area contributed by atoms with E-state index < -0.39 is 16.0 Å². The summed E-state index contributed by atoms with van der Waals surface area (Å²) < 4.78 is 0. The van der Waals surface area contributed by atoms with Crippen LogP contribution in [0.4, 0.5) is 0 Å². The van der Waals surface area contributed by atoms with Crippen molar-refractivity contribution in [1.82, 2.24) is 0 Å². The Morgan fingerprint density at radius 1 is 1.33 bits per heavy atom. The maximum Gasteiger partial charge on any atom is 0.450 e. The predicted molar refractivity (Wildman–Crippen MR) is 28.1 cm³/mol. The molecule has 0 aliphatic carbocycles. The van der Waals surface area contributed by atoms with Crippen molar-refractivity contribution < 1.29 is 9.85 Å². The van der Waals surface area contributed by atoms with Gasteiger partial charge in [0.25, 0.3) is 0 Å². The van der Waals surface area contributed by atoms with Crippen molar-refractivity contribution in [2.75, 3.05) is 0 Å². The van der Waals surface area contributed by atoms with Gasteiger partial charge in [0.1, 0.15) is 0 Å². The van der Waals surface area contributed by atoms with Crippen LogP contribution in [0.3, 0.4) is 0 Å². The van der Waals surface area contributed by atoms with Crippen LogP contribution in [-0.4, -0.2) is 16.0 Å². The normalized spacial score (nSPS) is 9.56. The first kappa shape index (κ1) is 7.80. The van der Waals surface area contributed by atoms with Crippen LogP contribution in [0.2, 0.25) is 0 Å². The van der Waals surface area contributed by atoms with Crippen molar-refractivity contribution >= 4 is 0 Å². The molecule has 0 unspecified atom stereocenters. The highest BCUT2D eigenvalue weighted by Gasteiger charge is 2.28. The van der Waals surface area contributed by atoms with E-state index in [4.69, 9.17) is 0 Å². The van der Waals surface area contributed by atoms with Gasteiger partial charge in [-0.25, -0.2) is 0 Å². The summed E-state index contributed by atoms with van der Waals surface area (Å²) in [5, 5.41) is 19.5. The average Bonchev–Trinajstić information content (AvgIpc) is 1.64. The number of nitro groups is 2. The molecule has 0 spiro atoms. The number of hydrogen-bond acceptors (Lipinski definition) is 4. The summed E-state index contributed by atoms with van der Waals surface area (Å²) >= 11 is 0. The Labute approximate surface area is 50.8 Å². The highest BCUT2D eigenvalue weighted by Crippen LogP contribution is 1.94. The van der Waals surface area contributed by atoms with Gasteiger partial charge in [0.15, 0.2) is 0 Å². The van der Waals surface area contributed by atoms with Gasteiger partial charge in [-0.15, -0.1) is 0 Å². The molecule has 0 fully saturated rings. The minimum Gasteiger partial charge on any atom is -0.259 e. The second-order valence-corrected chi connectivity index (χ2v) is 1.46. The number of hydrogen-bond donors (Lipinski definition) is 0. The van der Waals surface area contributed by atoms with Gasteiger partial charge in [-0.05, 0) is 0 Å². The maximum atomic E-state index is 9.74. The third-order valence-corrected chi connectivity index (χ3v) is 0.852. The summed E-state index contributed by atoms with van der Waals surface area (Å²) in [4.78, 5) is 17.7. The van der Waals surface area contributed by atoms with Crippen LogP contribution in [0.15, 0.2) is 0 Å². The molecule has 0 aromatic carbocycles. The first-order valence-electron chi connectivity index (χ1n) is 2.36. The fraction of sp³-hybridized carbons (Fsp3) is 1.00. The third-order valence-electron chi connectivity index (χ3n) is 0.852. The summed E-state index contributed by atoms with van der Waals surface area (Å²) in [6.45, 7) is 1.40. The lowest BCUT2D eigenvalue weighted by Crippen LogP contribution is -2.27. The molecule has 0 amide bonds. The summed E-state index contributed by atoms with van der Waals surface area (Å²) in [5.74, 6) is 0. The fourth-order valence-corrected chi connectivity index (χ4v) is 0.375. The smallest absolute Gasteiger partial charge is 0.259 e. The van der Waals surface area contributed by atoms with Crippen LogP contribution in [0, 0.1) is 20.2 Å². The summed E-state index contributed by atoms with van der Waals surface area (Å²) in [6.07, 6.45) is -1.70. The average molecular weight is 134 g/mol. The van der Waals surface area contributed by atoms with Crippen LogP contribution < -0.4 is 0 Å². The van der Waals surface area contributed by atoms with E-state index in [9.17, 15) is 20.2 Å². The van der Waals surface area contributed by atoms with Gasteiger partial charge < -0.3 is 0 Å². The predicted octanol–water partition coefficient (Wildman–Crippen LogP) is 0.276. The van der Waals surface area contributed by atoms with E-state index in [0.717, 1.165) is 0 Å². The molecule has 0 bridgehead atoms. The molecule has 52 valence electrons. The van der Waals surface area contributed by atoms with E-state index in [1.165, 1.54) is 6.92 Å². The zero-order valence-electron chi connectivity index (χ0n) is 4.81. The standard InChI is InChI=1S/C3H6N2O4/c1-2-3(4(6)7)5(8)9/h3H,2H2,1H3. The number of nitrogens with zero attached hydrogens (tertiary/aromatic N) is 2. The Bertz CT molecular complexity index is 120. The molecular formula is C3H6N2O4. The van der Waals surface area contributed by atoms with E-state index in [1.54, 1.807) is 0 Å². The number of rotatable bonds is 3. The lowest BCUT2D eigenvalue weighted by atomic mass is 10.4. The van der Waals surface area contributed by atoms with Gasteiger partial charge in [-0.3, -0.25) is 20.2 Å². The molecule has 0 aromatic heterocycles. The SMILES string of the molecule is CCC([N+](=O)[O-])[N+](=O)[O-]. The maximum absolute atomic E-state index is 9.74. The molecule has 0 atom stereocenters. The summed E-state index contributed by atoms with van der Waals surface area (Å²) in [5.41, 5.74) is 0. The van der Waals surface area contributed by atoms with E-state index in [1.807, 2.05) is 0 Å². The van der Waals surface area contributed by atoms with Crippen molar-refractivity contribution in [3.8, 4) is 0 Å². The van der Waals surface area contributed by atoms with Crippen LogP contribution in [0.5, 0.6) is 0 Å². The van der Waals surface area contributed by atoms with Crippen molar-refractivity contribution in [3.63, 3.8) is 0 Å². The van der Waals surface area contributed by atoms with Gasteiger partial charge in [0.05, 0.1) is 16.3 Å². The third kappa shape index (κ3) is 2.02. The van der Waals surface area contributed by atoms with E-state index in [-0.39, 0.29) is 6.42 Å². The van der Waals surface area contributed by atoms with Crippen LogP contribution in [-0.2, 0) is 0 Å². The van der Waals surface area contributed by atoms with Gasteiger partial charge in [-0.1, -0.05) is 6.92 Å². The van der Waals surface area contributed by atoms with Crippen molar-refractivity contribution in [2.24, 2.45) is 0 Å². The lowest BCUT2D eigenvalue weighted by Gasteiger charge is -1.95. The summed E-state index contributed by atoms with van der Waals surface area (Å²) in [6, 6.07) is 0. The molecule has 6 nitrogen and oxygen atoms in total. The van der Waals surface area contributed by atoms with E-state index >= 15 is 0 Å². The van der Waals surface area contributed by atoms with Gasteiger partial charge in [0, 0.05) is 0 Å². The Kier molecular flexibility index (Phi) is 2.56. The highest BCUT2D eigenvalue weighted by atomic mass is 16.7. The summed E-state index contributed by atoms with van der Waals surface area (Å²) in [7, 11) is 0. The van der Waals surface area contributed by atoms with E-state index in [0.29, 0.717) is 0 Å². The Hall–Kier alpha value is -1.20. The Morgan fingerprint density at radius 3 is 1.67 bits per heavy atom. The molecule has 0 aliphatic heterocycles. The van der Waals surface area contributed by atoms with Crippen LogP contribution in [0.25, 0.3) is 0 Å². The van der Waals surface area contributed by atoms with Crippen molar-refractivity contribution in [2.45, 2.75) is 19.5 Å². The topological polar surface area (TPSA) is 86.3 Å². The molecule has 0 N–H and O–H groups in total. The Morgan fingerprint density at radius 2 is 1.67 bits per heavy atom. The quantitative estimate of drug-likeness (QED) is 0.315. The minimum absolute atomic E-state index is 0.0694. The molecule has 9 heavy (non-hydrogen) atoms. The van der Waals surface area contributed by atoms with Crippen LogP contribution in [0.1, 0.15) is 13.3 Å². The van der Waals surface area contributed by atoms with Gasteiger partial charge in [0.2, 0.25) is 0 Å². The van der Waals surface area contributed by atoms with Gasteiger partial charge in [-0.2, -0.15) is 0 Å². The molecule has 0 heterocycles. The first-order chi connectivity index (χ1) is 4.09. The minimum atomic E-state index is -1.63. The lowest BCUT2D eigenvalue weighted by molar-refractivity contribution is -0.742. The monoisotopic (exact) mass is 134 g/mol. The largest absolute Gasteiger partial charge is 0.450 e. The molecule has 0 radical (unpaired) electrons. The Balaban J connectivity index is 3.99.